The SMILES string of the molecule is CCc1ccc2c(c1)C(=O)C(=O)N2CC[NH+]1CCCC1. The number of quaternary nitrogens is 1. The molecule has 0 saturated carbocycles. The summed E-state index contributed by atoms with van der Waals surface area (Å²) >= 11 is 0. The highest BCUT2D eigenvalue weighted by atomic mass is 16.2. The molecule has 0 spiro atoms. The van der Waals surface area contributed by atoms with Crippen LogP contribution in [0.25, 0.3) is 0 Å². The average molecular weight is 273 g/mol. The van der Waals surface area contributed by atoms with Gasteiger partial charge in [-0.05, 0) is 24.1 Å². The summed E-state index contributed by atoms with van der Waals surface area (Å²) < 4.78 is 0. The molecule has 0 bridgehead atoms. The van der Waals surface area contributed by atoms with E-state index in [4.69, 9.17) is 0 Å². The Morgan fingerprint density at radius 1 is 1.20 bits per heavy atom. The molecule has 4 nitrogen and oxygen atoms in total. The highest BCUT2D eigenvalue weighted by Crippen LogP contribution is 2.29. The number of benzene rings is 1. The van der Waals surface area contributed by atoms with Crippen molar-refractivity contribution in [1.82, 2.24) is 0 Å². The lowest BCUT2D eigenvalue weighted by Gasteiger charge is -2.19. The van der Waals surface area contributed by atoms with Crippen molar-refractivity contribution in [3.63, 3.8) is 0 Å². The first-order chi connectivity index (χ1) is 9.70. The van der Waals surface area contributed by atoms with Crippen LogP contribution in [0, 0.1) is 0 Å². The number of rotatable bonds is 4. The summed E-state index contributed by atoms with van der Waals surface area (Å²) in [5.41, 5.74) is 2.50. The molecule has 0 aliphatic carbocycles. The molecule has 0 radical (unpaired) electrons. The van der Waals surface area contributed by atoms with Crippen molar-refractivity contribution < 1.29 is 14.5 Å². The average Bonchev–Trinajstić information content (AvgIpc) is 3.06. The zero-order valence-electron chi connectivity index (χ0n) is 11.9. The second-order valence-electron chi connectivity index (χ2n) is 5.70. The normalized spacial score (nSPS) is 18.9. The fourth-order valence-corrected chi connectivity index (χ4v) is 3.18. The molecule has 1 aromatic carbocycles. The van der Waals surface area contributed by atoms with Gasteiger partial charge in [-0.25, -0.2) is 0 Å². The molecule has 0 unspecified atom stereocenters. The number of fused-ring (bicyclic) bond motifs is 1. The van der Waals surface area contributed by atoms with Gasteiger partial charge in [-0.2, -0.15) is 0 Å². The lowest BCUT2D eigenvalue weighted by atomic mass is 10.1. The van der Waals surface area contributed by atoms with Crippen LogP contribution in [0.15, 0.2) is 18.2 Å². The van der Waals surface area contributed by atoms with Crippen LogP contribution in [0.2, 0.25) is 0 Å². The summed E-state index contributed by atoms with van der Waals surface area (Å²) in [5.74, 6) is -0.696. The van der Waals surface area contributed by atoms with Gasteiger partial charge >= 0.3 is 0 Å². The molecule has 4 heteroatoms. The predicted octanol–water partition coefficient (Wildman–Crippen LogP) is 0.457. The van der Waals surface area contributed by atoms with Crippen molar-refractivity contribution in [3.05, 3.63) is 29.3 Å². The summed E-state index contributed by atoms with van der Waals surface area (Å²) in [6.07, 6.45) is 3.43. The Hall–Kier alpha value is -1.68. The van der Waals surface area contributed by atoms with E-state index in [1.165, 1.54) is 25.9 Å². The Morgan fingerprint density at radius 2 is 1.95 bits per heavy atom. The van der Waals surface area contributed by atoms with Gasteiger partial charge in [0.05, 0.1) is 37.4 Å². The van der Waals surface area contributed by atoms with Crippen LogP contribution < -0.4 is 9.80 Å². The number of ketones is 1. The molecule has 1 amide bonds. The van der Waals surface area contributed by atoms with E-state index in [9.17, 15) is 9.59 Å². The topological polar surface area (TPSA) is 41.8 Å². The molecule has 1 saturated heterocycles. The highest BCUT2D eigenvalue weighted by Gasteiger charge is 2.36. The second kappa shape index (κ2) is 5.37. The van der Waals surface area contributed by atoms with Crippen LogP contribution >= 0.6 is 0 Å². The monoisotopic (exact) mass is 273 g/mol. The van der Waals surface area contributed by atoms with Crippen molar-refractivity contribution in [2.45, 2.75) is 26.2 Å². The van der Waals surface area contributed by atoms with E-state index in [1.807, 2.05) is 18.2 Å². The Bertz CT molecular complexity index is 547. The van der Waals surface area contributed by atoms with E-state index < -0.39 is 0 Å². The van der Waals surface area contributed by atoms with Gasteiger partial charge in [-0.15, -0.1) is 0 Å². The molecular weight excluding hydrogens is 252 g/mol. The van der Waals surface area contributed by atoms with Crippen molar-refractivity contribution in [2.75, 3.05) is 31.1 Å². The van der Waals surface area contributed by atoms with Gasteiger partial charge in [0.1, 0.15) is 0 Å². The summed E-state index contributed by atoms with van der Waals surface area (Å²) in [6.45, 7) is 6.03. The van der Waals surface area contributed by atoms with Gasteiger partial charge in [0.15, 0.2) is 0 Å². The van der Waals surface area contributed by atoms with Crippen molar-refractivity contribution in [1.29, 1.82) is 0 Å². The van der Waals surface area contributed by atoms with Crippen molar-refractivity contribution in [2.24, 2.45) is 0 Å². The van der Waals surface area contributed by atoms with Gasteiger partial charge < -0.3 is 4.90 Å². The van der Waals surface area contributed by atoms with Gasteiger partial charge in [0.25, 0.3) is 11.7 Å². The van der Waals surface area contributed by atoms with E-state index in [0.717, 1.165) is 24.2 Å². The van der Waals surface area contributed by atoms with E-state index in [2.05, 4.69) is 6.92 Å². The Labute approximate surface area is 119 Å². The van der Waals surface area contributed by atoms with E-state index in [1.54, 1.807) is 9.80 Å². The number of hydrogen-bond acceptors (Lipinski definition) is 2. The Kier molecular flexibility index (Phi) is 3.57. The predicted molar refractivity (Wildman–Crippen MR) is 77.3 cm³/mol. The van der Waals surface area contributed by atoms with E-state index >= 15 is 0 Å². The lowest BCUT2D eigenvalue weighted by Crippen LogP contribution is -3.10. The third kappa shape index (κ3) is 2.24. The summed E-state index contributed by atoms with van der Waals surface area (Å²) in [5, 5.41) is 0. The minimum atomic E-state index is -0.355. The number of hydrogen-bond donors (Lipinski definition) is 1. The molecule has 20 heavy (non-hydrogen) atoms. The van der Waals surface area contributed by atoms with Crippen LogP contribution in [-0.4, -0.2) is 37.9 Å². The number of anilines is 1. The summed E-state index contributed by atoms with van der Waals surface area (Å²) in [4.78, 5) is 27.4. The molecule has 1 N–H and O–H groups in total. The minimum Gasteiger partial charge on any atom is -0.333 e. The van der Waals surface area contributed by atoms with Crippen molar-refractivity contribution >= 4 is 17.4 Å². The summed E-state index contributed by atoms with van der Waals surface area (Å²) in [6, 6.07) is 5.81. The van der Waals surface area contributed by atoms with E-state index in [-0.39, 0.29) is 11.7 Å². The maximum Gasteiger partial charge on any atom is 0.299 e. The lowest BCUT2D eigenvalue weighted by molar-refractivity contribution is -0.885. The first kappa shape index (κ1) is 13.3. The third-order valence-electron chi connectivity index (χ3n) is 4.44. The van der Waals surface area contributed by atoms with Gasteiger partial charge in [0.2, 0.25) is 0 Å². The number of carbonyl (C=O) groups is 2. The highest BCUT2D eigenvalue weighted by molar-refractivity contribution is 6.52. The Morgan fingerprint density at radius 3 is 2.65 bits per heavy atom. The molecule has 0 aromatic heterocycles. The van der Waals surface area contributed by atoms with Crippen LogP contribution in [0.5, 0.6) is 0 Å². The van der Waals surface area contributed by atoms with Crippen LogP contribution in [-0.2, 0) is 11.2 Å². The fraction of sp³-hybridized carbons (Fsp3) is 0.500. The quantitative estimate of drug-likeness (QED) is 0.810. The number of likely N-dealkylation sites (tertiary alicyclic amines) is 1. The molecule has 2 aliphatic heterocycles. The van der Waals surface area contributed by atoms with Crippen molar-refractivity contribution in [3.8, 4) is 0 Å². The smallest absolute Gasteiger partial charge is 0.299 e. The standard InChI is InChI=1S/C16H20N2O2/c1-2-12-5-6-14-13(11-12)15(19)16(20)18(14)10-9-17-7-3-4-8-17/h5-6,11H,2-4,7-10H2,1H3/p+1. The molecule has 0 atom stereocenters. The number of carbonyl (C=O) groups excluding carboxylic acids is 2. The zero-order chi connectivity index (χ0) is 14.1. The Balaban J connectivity index is 1.79. The number of amides is 1. The molecule has 1 fully saturated rings. The first-order valence-electron chi connectivity index (χ1n) is 7.53. The molecule has 1 aromatic rings. The second-order valence-corrected chi connectivity index (χ2v) is 5.70. The van der Waals surface area contributed by atoms with Crippen LogP contribution in [0.4, 0.5) is 5.69 Å². The molecule has 2 heterocycles. The number of nitrogens with zero attached hydrogens (tertiary/aromatic N) is 1. The van der Waals surface area contributed by atoms with Gasteiger partial charge in [0, 0.05) is 12.8 Å². The largest absolute Gasteiger partial charge is 0.333 e. The number of Topliss-reactive ketones (excluding diaryl/α,β-unsaturated/α-hetero) is 1. The van der Waals surface area contributed by atoms with Gasteiger partial charge in [-0.1, -0.05) is 13.0 Å². The number of nitrogens with one attached hydrogen (secondary N) is 1. The molecular formula is C16H21N2O2+. The number of aryl methyl sites for hydroxylation is 1. The van der Waals surface area contributed by atoms with Gasteiger partial charge in [-0.3, -0.25) is 14.5 Å². The van der Waals surface area contributed by atoms with Crippen LogP contribution in [0.1, 0.15) is 35.7 Å². The molecule has 3 rings (SSSR count). The molecule has 106 valence electrons. The van der Waals surface area contributed by atoms with E-state index in [0.29, 0.717) is 12.1 Å². The maximum atomic E-state index is 12.1. The third-order valence-corrected chi connectivity index (χ3v) is 4.44. The summed E-state index contributed by atoms with van der Waals surface area (Å²) in [7, 11) is 0. The maximum absolute atomic E-state index is 12.1. The minimum absolute atomic E-state index is 0.341. The fourth-order valence-electron chi connectivity index (χ4n) is 3.18. The molecule has 2 aliphatic rings. The van der Waals surface area contributed by atoms with Crippen LogP contribution in [0.3, 0.4) is 0 Å². The zero-order valence-corrected chi connectivity index (χ0v) is 11.9. The first-order valence-corrected chi connectivity index (χ1v) is 7.53.